The summed E-state index contributed by atoms with van der Waals surface area (Å²) in [5, 5.41) is 3.43. The van der Waals surface area contributed by atoms with E-state index in [-0.39, 0.29) is 0 Å². The SMILES string of the molecule is Cc1cc(C)c(C)c(Oc2cccc(CNC(C)C)c2)c1. The van der Waals surface area contributed by atoms with Crippen molar-refractivity contribution in [1.82, 2.24) is 5.32 Å². The Morgan fingerprint density at radius 2 is 1.81 bits per heavy atom. The fourth-order valence-electron chi connectivity index (χ4n) is 2.27. The van der Waals surface area contributed by atoms with Crippen molar-refractivity contribution in [3.63, 3.8) is 0 Å². The zero-order valence-electron chi connectivity index (χ0n) is 13.7. The number of rotatable bonds is 5. The lowest BCUT2D eigenvalue weighted by Gasteiger charge is -2.13. The van der Waals surface area contributed by atoms with Gasteiger partial charge in [-0.2, -0.15) is 0 Å². The average Bonchev–Trinajstić information content (AvgIpc) is 2.42. The van der Waals surface area contributed by atoms with Crippen LogP contribution >= 0.6 is 0 Å². The first kappa shape index (κ1) is 15.6. The van der Waals surface area contributed by atoms with Gasteiger partial charge in [-0.3, -0.25) is 0 Å². The fraction of sp³-hybridized carbons (Fsp3) is 0.368. The molecule has 0 saturated heterocycles. The minimum atomic E-state index is 0.483. The van der Waals surface area contributed by atoms with Gasteiger partial charge in [0.25, 0.3) is 0 Å². The fourth-order valence-corrected chi connectivity index (χ4v) is 2.27. The van der Waals surface area contributed by atoms with Gasteiger partial charge in [0, 0.05) is 12.6 Å². The first-order valence-electron chi connectivity index (χ1n) is 7.53. The lowest BCUT2D eigenvalue weighted by atomic mass is 10.1. The lowest BCUT2D eigenvalue weighted by molar-refractivity contribution is 0.476. The predicted octanol–water partition coefficient (Wildman–Crippen LogP) is 4.90. The summed E-state index contributed by atoms with van der Waals surface area (Å²) in [5.74, 6) is 1.84. The first-order valence-corrected chi connectivity index (χ1v) is 7.53. The van der Waals surface area contributed by atoms with Gasteiger partial charge in [0.15, 0.2) is 0 Å². The monoisotopic (exact) mass is 283 g/mol. The molecule has 0 aromatic heterocycles. The molecule has 0 aliphatic carbocycles. The largest absolute Gasteiger partial charge is 0.457 e. The number of benzene rings is 2. The van der Waals surface area contributed by atoms with E-state index in [1.807, 2.05) is 12.1 Å². The maximum Gasteiger partial charge on any atom is 0.130 e. The van der Waals surface area contributed by atoms with Crippen molar-refractivity contribution < 1.29 is 4.74 Å². The molecule has 0 spiro atoms. The first-order chi connectivity index (χ1) is 9.95. The molecule has 0 bridgehead atoms. The van der Waals surface area contributed by atoms with Gasteiger partial charge in [0.1, 0.15) is 11.5 Å². The molecule has 1 N–H and O–H groups in total. The van der Waals surface area contributed by atoms with Crippen molar-refractivity contribution in [1.29, 1.82) is 0 Å². The molecule has 2 aromatic carbocycles. The molecular formula is C19H25NO. The van der Waals surface area contributed by atoms with Gasteiger partial charge in [-0.15, -0.1) is 0 Å². The highest BCUT2D eigenvalue weighted by molar-refractivity contribution is 5.44. The van der Waals surface area contributed by atoms with Crippen molar-refractivity contribution in [2.24, 2.45) is 0 Å². The molecule has 2 rings (SSSR count). The third-order valence-corrected chi connectivity index (χ3v) is 3.60. The van der Waals surface area contributed by atoms with Crippen LogP contribution in [0.5, 0.6) is 11.5 Å². The van der Waals surface area contributed by atoms with E-state index >= 15 is 0 Å². The average molecular weight is 283 g/mol. The molecule has 0 aliphatic rings. The van der Waals surface area contributed by atoms with Gasteiger partial charge < -0.3 is 10.1 Å². The van der Waals surface area contributed by atoms with E-state index in [1.165, 1.54) is 22.3 Å². The Hall–Kier alpha value is -1.80. The van der Waals surface area contributed by atoms with E-state index in [9.17, 15) is 0 Å². The topological polar surface area (TPSA) is 21.3 Å². The highest BCUT2D eigenvalue weighted by atomic mass is 16.5. The van der Waals surface area contributed by atoms with Crippen LogP contribution in [0.1, 0.15) is 36.1 Å². The summed E-state index contributed by atoms with van der Waals surface area (Å²) in [6.45, 7) is 11.5. The normalized spacial score (nSPS) is 11.0. The van der Waals surface area contributed by atoms with Crippen LogP contribution < -0.4 is 10.1 Å². The second kappa shape index (κ2) is 6.77. The van der Waals surface area contributed by atoms with Gasteiger partial charge in [0.05, 0.1) is 0 Å². The Morgan fingerprint density at radius 1 is 1.05 bits per heavy atom. The van der Waals surface area contributed by atoms with Crippen LogP contribution in [0, 0.1) is 20.8 Å². The van der Waals surface area contributed by atoms with Gasteiger partial charge >= 0.3 is 0 Å². The Kier molecular flexibility index (Phi) is 5.03. The second-order valence-electron chi connectivity index (χ2n) is 5.99. The predicted molar refractivity (Wildman–Crippen MR) is 89.1 cm³/mol. The van der Waals surface area contributed by atoms with Gasteiger partial charge in [-0.25, -0.2) is 0 Å². The molecule has 2 heteroatoms. The third kappa shape index (κ3) is 4.33. The van der Waals surface area contributed by atoms with Crippen molar-refractivity contribution >= 4 is 0 Å². The molecule has 0 atom stereocenters. The van der Waals surface area contributed by atoms with Crippen molar-refractivity contribution in [3.8, 4) is 11.5 Å². The molecule has 0 heterocycles. The highest BCUT2D eigenvalue weighted by Gasteiger charge is 2.06. The van der Waals surface area contributed by atoms with Gasteiger partial charge in [-0.1, -0.05) is 32.0 Å². The van der Waals surface area contributed by atoms with Crippen LogP contribution in [0.25, 0.3) is 0 Å². The number of aryl methyl sites for hydroxylation is 2. The summed E-state index contributed by atoms with van der Waals surface area (Å²) in [6.07, 6.45) is 0. The van der Waals surface area contributed by atoms with Crippen LogP contribution in [-0.4, -0.2) is 6.04 Å². The van der Waals surface area contributed by atoms with E-state index in [1.54, 1.807) is 0 Å². The standard InChI is InChI=1S/C19H25NO/c1-13(2)20-12-17-7-6-8-18(11-17)21-19-10-14(3)9-15(4)16(19)5/h6-11,13,20H,12H2,1-5H3. The van der Waals surface area contributed by atoms with Gasteiger partial charge in [0.2, 0.25) is 0 Å². The Labute approximate surface area is 128 Å². The minimum absolute atomic E-state index is 0.483. The number of hydrogen-bond donors (Lipinski definition) is 1. The smallest absolute Gasteiger partial charge is 0.130 e. The van der Waals surface area contributed by atoms with Crippen molar-refractivity contribution in [3.05, 3.63) is 58.7 Å². The number of ether oxygens (including phenoxy) is 1. The summed E-state index contributed by atoms with van der Waals surface area (Å²) in [5.41, 5.74) is 4.93. The number of hydrogen-bond acceptors (Lipinski definition) is 2. The maximum absolute atomic E-state index is 6.09. The van der Waals surface area contributed by atoms with Crippen LogP contribution in [0.2, 0.25) is 0 Å². The quantitative estimate of drug-likeness (QED) is 0.842. The van der Waals surface area contributed by atoms with E-state index < -0.39 is 0 Å². The van der Waals surface area contributed by atoms with E-state index in [0.29, 0.717) is 6.04 Å². The maximum atomic E-state index is 6.09. The summed E-state index contributed by atoms with van der Waals surface area (Å²) in [7, 11) is 0. The number of nitrogens with one attached hydrogen (secondary N) is 1. The van der Waals surface area contributed by atoms with Crippen LogP contribution in [0.15, 0.2) is 36.4 Å². The van der Waals surface area contributed by atoms with Crippen LogP contribution in [-0.2, 0) is 6.54 Å². The molecule has 0 unspecified atom stereocenters. The molecule has 0 radical (unpaired) electrons. The second-order valence-corrected chi connectivity index (χ2v) is 5.99. The molecule has 0 fully saturated rings. The molecule has 0 aliphatic heterocycles. The summed E-state index contributed by atoms with van der Waals surface area (Å²) < 4.78 is 6.09. The van der Waals surface area contributed by atoms with E-state index in [2.05, 4.69) is 64.2 Å². The highest BCUT2D eigenvalue weighted by Crippen LogP contribution is 2.28. The lowest BCUT2D eigenvalue weighted by Crippen LogP contribution is -2.21. The summed E-state index contributed by atoms with van der Waals surface area (Å²) in [4.78, 5) is 0. The molecule has 0 saturated carbocycles. The Bertz CT molecular complexity index is 617. The zero-order valence-corrected chi connectivity index (χ0v) is 13.7. The van der Waals surface area contributed by atoms with Crippen LogP contribution in [0.3, 0.4) is 0 Å². The van der Waals surface area contributed by atoms with Crippen molar-refractivity contribution in [2.75, 3.05) is 0 Å². The van der Waals surface area contributed by atoms with Gasteiger partial charge in [-0.05, 0) is 61.2 Å². The zero-order chi connectivity index (χ0) is 15.4. The molecule has 2 nitrogen and oxygen atoms in total. The van der Waals surface area contributed by atoms with E-state index in [4.69, 9.17) is 4.74 Å². The van der Waals surface area contributed by atoms with Crippen molar-refractivity contribution in [2.45, 2.75) is 47.2 Å². The molecule has 0 amide bonds. The third-order valence-electron chi connectivity index (χ3n) is 3.60. The molecule has 2 aromatic rings. The molecule has 21 heavy (non-hydrogen) atoms. The Balaban J connectivity index is 2.18. The molecule has 112 valence electrons. The van der Waals surface area contributed by atoms with E-state index in [0.717, 1.165) is 18.0 Å². The summed E-state index contributed by atoms with van der Waals surface area (Å²) in [6, 6.07) is 13.0. The minimum Gasteiger partial charge on any atom is -0.457 e. The Morgan fingerprint density at radius 3 is 2.52 bits per heavy atom. The van der Waals surface area contributed by atoms with Crippen LogP contribution in [0.4, 0.5) is 0 Å². The summed E-state index contributed by atoms with van der Waals surface area (Å²) >= 11 is 0. The molecular weight excluding hydrogens is 258 g/mol.